The van der Waals surface area contributed by atoms with Crippen LogP contribution in [0, 0.1) is 0 Å². The molecule has 4 aromatic rings. The van der Waals surface area contributed by atoms with Crippen LogP contribution in [0.15, 0.2) is 83.3 Å². The summed E-state index contributed by atoms with van der Waals surface area (Å²) in [5.41, 5.74) is 4.62. The van der Waals surface area contributed by atoms with Gasteiger partial charge in [-0.05, 0) is 42.5 Å². The number of carbonyl (C=O) groups excluding carboxylic acids is 1. The summed E-state index contributed by atoms with van der Waals surface area (Å²) in [5, 5.41) is 23.0. The second-order valence-electron chi connectivity index (χ2n) is 6.72. The monoisotopic (exact) mass is 460 g/mol. The van der Waals surface area contributed by atoms with E-state index < -0.39 is 0 Å². The molecule has 33 heavy (non-hydrogen) atoms. The van der Waals surface area contributed by atoms with Crippen molar-refractivity contribution in [3.63, 3.8) is 0 Å². The van der Waals surface area contributed by atoms with Crippen molar-refractivity contribution in [2.75, 3.05) is 12.9 Å². The van der Waals surface area contributed by atoms with Gasteiger partial charge in [0.25, 0.3) is 5.91 Å². The predicted octanol–water partition coefficient (Wildman–Crippen LogP) is 3.29. The minimum Gasteiger partial charge on any atom is -0.507 e. The Labute approximate surface area is 194 Å². The maximum Gasteiger partial charge on any atom is 0.250 e. The second kappa shape index (κ2) is 10.4. The van der Waals surface area contributed by atoms with Gasteiger partial charge in [0.05, 0.1) is 19.1 Å². The van der Waals surface area contributed by atoms with E-state index in [1.807, 2.05) is 47.0 Å². The third kappa shape index (κ3) is 5.36. The largest absolute Gasteiger partial charge is 0.507 e. The van der Waals surface area contributed by atoms with Crippen LogP contribution < -0.4 is 10.2 Å². The third-order valence-electron chi connectivity index (χ3n) is 4.55. The van der Waals surface area contributed by atoms with E-state index in [0.29, 0.717) is 22.3 Å². The van der Waals surface area contributed by atoms with E-state index >= 15 is 0 Å². The molecule has 0 bridgehead atoms. The number of aromatic hydroxyl groups is 1. The van der Waals surface area contributed by atoms with E-state index in [1.54, 1.807) is 24.5 Å². The van der Waals surface area contributed by atoms with Crippen LogP contribution in [0.5, 0.6) is 11.5 Å². The van der Waals surface area contributed by atoms with Gasteiger partial charge in [-0.1, -0.05) is 30.0 Å². The number of methoxy groups -OCH3 is 1. The van der Waals surface area contributed by atoms with Crippen LogP contribution in [0.1, 0.15) is 5.56 Å². The fourth-order valence-electron chi connectivity index (χ4n) is 2.96. The van der Waals surface area contributed by atoms with Crippen LogP contribution in [0.25, 0.3) is 17.1 Å². The molecular formula is C23H20N6O3S. The lowest BCUT2D eigenvalue weighted by molar-refractivity contribution is -0.118. The summed E-state index contributed by atoms with van der Waals surface area (Å²) in [6.07, 6.45) is 4.74. The number of nitrogens with one attached hydrogen (secondary N) is 1. The SMILES string of the molecule is COc1ccc(O)c(C=NNC(=O)CSc2nnc(-c3ccncc3)n2-c2ccccc2)c1. The van der Waals surface area contributed by atoms with Crippen molar-refractivity contribution in [2.24, 2.45) is 5.10 Å². The van der Waals surface area contributed by atoms with E-state index in [4.69, 9.17) is 4.74 Å². The number of phenols is 1. The highest BCUT2D eigenvalue weighted by Crippen LogP contribution is 2.27. The van der Waals surface area contributed by atoms with Gasteiger partial charge in [0.2, 0.25) is 0 Å². The number of hydrogen-bond acceptors (Lipinski definition) is 8. The molecule has 2 N–H and O–H groups in total. The molecule has 166 valence electrons. The fraction of sp³-hybridized carbons (Fsp3) is 0.0870. The summed E-state index contributed by atoms with van der Waals surface area (Å²) in [4.78, 5) is 16.4. The van der Waals surface area contributed by atoms with Gasteiger partial charge in [-0.15, -0.1) is 10.2 Å². The number of ether oxygens (including phenoxy) is 1. The first-order valence-corrected chi connectivity index (χ1v) is 10.9. The second-order valence-corrected chi connectivity index (χ2v) is 7.66. The lowest BCUT2D eigenvalue weighted by Crippen LogP contribution is -2.20. The number of thioether (sulfide) groups is 1. The highest BCUT2D eigenvalue weighted by Gasteiger charge is 2.17. The molecule has 0 aliphatic heterocycles. The number of aromatic nitrogens is 4. The molecule has 9 nitrogen and oxygen atoms in total. The maximum absolute atomic E-state index is 12.3. The molecular weight excluding hydrogens is 440 g/mol. The van der Waals surface area contributed by atoms with Gasteiger partial charge in [0.15, 0.2) is 11.0 Å². The summed E-state index contributed by atoms with van der Waals surface area (Å²) in [7, 11) is 1.53. The molecule has 0 aliphatic rings. The zero-order valence-electron chi connectivity index (χ0n) is 17.6. The predicted molar refractivity (Wildman–Crippen MR) is 126 cm³/mol. The number of nitrogens with zero attached hydrogens (tertiary/aromatic N) is 5. The summed E-state index contributed by atoms with van der Waals surface area (Å²) in [6.45, 7) is 0. The molecule has 0 unspecified atom stereocenters. The topological polar surface area (TPSA) is 115 Å². The van der Waals surface area contributed by atoms with E-state index in [-0.39, 0.29) is 17.4 Å². The minimum atomic E-state index is -0.327. The van der Waals surface area contributed by atoms with Crippen LogP contribution in [-0.2, 0) is 4.79 Å². The van der Waals surface area contributed by atoms with Gasteiger partial charge in [-0.3, -0.25) is 14.3 Å². The number of carbonyl (C=O) groups is 1. The molecule has 0 saturated carbocycles. The van der Waals surface area contributed by atoms with Crippen molar-refractivity contribution in [1.29, 1.82) is 0 Å². The number of benzene rings is 2. The quantitative estimate of drug-likeness (QED) is 0.236. The van der Waals surface area contributed by atoms with Gasteiger partial charge in [-0.25, -0.2) is 5.43 Å². The van der Waals surface area contributed by atoms with Crippen molar-refractivity contribution < 1.29 is 14.6 Å². The standard InChI is InChI=1S/C23H20N6O3S/c1-32-19-7-8-20(30)17(13-19)14-25-26-21(31)15-33-23-28-27-22(16-9-11-24-12-10-16)29(23)18-5-3-2-4-6-18/h2-14,30H,15H2,1H3,(H,26,31). The highest BCUT2D eigenvalue weighted by molar-refractivity contribution is 7.99. The smallest absolute Gasteiger partial charge is 0.250 e. The van der Waals surface area contributed by atoms with Gasteiger partial charge in [0, 0.05) is 29.2 Å². The number of hydrogen-bond donors (Lipinski definition) is 2. The summed E-state index contributed by atoms with van der Waals surface area (Å²) in [5.74, 6) is 0.997. The van der Waals surface area contributed by atoms with Crippen molar-refractivity contribution in [1.82, 2.24) is 25.2 Å². The molecule has 2 aromatic carbocycles. The zero-order valence-corrected chi connectivity index (χ0v) is 18.4. The van der Waals surface area contributed by atoms with Crippen LogP contribution in [-0.4, -0.2) is 49.8 Å². The first-order chi connectivity index (χ1) is 16.2. The molecule has 0 aliphatic carbocycles. The molecule has 0 spiro atoms. The van der Waals surface area contributed by atoms with Gasteiger partial charge in [0.1, 0.15) is 11.5 Å². The zero-order chi connectivity index (χ0) is 23.0. The molecule has 0 atom stereocenters. The number of hydrazone groups is 1. The van der Waals surface area contributed by atoms with Crippen molar-refractivity contribution in [3.8, 4) is 28.6 Å². The van der Waals surface area contributed by atoms with Crippen LogP contribution >= 0.6 is 11.8 Å². The van der Waals surface area contributed by atoms with Crippen LogP contribution in [0.4, 0.5) is 0 Å². The van der Waals surface area contributed by atoms with E-state index in [9.17, 15) is 9.90 Å². The molecule has 10 heteroatoms. The summed E-state index contributed by atoms with van der Waals surface area (Å²) >= 11 is 1.24. The van der Waals surface area contributed by atoms with Crippen molar-refractivity contribution >= 4 is 23.9 Å². The van der Waals surface area contributed by atoms with Crippen molar-refractivity contribution in [2.45, 2.75) is 5.16 Å². The number of pyridine rings is 1. The number of amides is 1. The number of para-hydroxylation sites is 1. The molecule has 1 amide bonds. The molecule has 0 saturated heterocycles. The molecule has 4 rings (SSSR count). The Hall–Kier alpha value is -4.18. The Bertz CT molecular complexity index is 1260. The molecule has 0 radical (unpaired) electrons. The first-order valence-electron chi connectivity index (χ1n) is 9.88. The Kier molecular flexibility index (Phi) is 6.96. The number of rotatable bonds is 8. The normalized spacial score (nSPS) is 10.9. The van der Waals surface area contributed by atoms with E-state index in [1.165, 1.54) is 31.2 Å². The third-order valence-corrected chi connectivity index (χ3v) is 5.48. The summed E-state index contributed by atoms with van der Waals surface area (Å²) < 4.78 is 7.02. The van der Waals surface area contributed by atoms with Gasteiger partial charge >= 0.3 is 0 Å². The average Bonchev–Trinajstić information content (AvgIpc) is 3.29. The Balaban J connectivity index is 1.47. The molecule has 2 aromatic heterocycles. The molecule has 2 heterocycles. The Morgan fingerprint density at radius 3 is 2.70 bits per heavy atom. The minimum absolute atomic E-state index is 0.0304. The van der Waals surface area contributed by atoms with Crippen molar-refractivity contribution in [3.05, 3.63) is 78.6 Å². The Morgan fingerprint density at radius 1 is 1.15 bits per heavy atom. The first kappa shape index (κ1) is 22.0. The lowest BCUT2D eigenvalue weighted by Gasteiger charge is -2.10. The van der Waals surface area contributed by atoms with Gasteiger partial charge in [-0.2, -0.15) is 5.10 Å². The van der Waals surface area contributed by atoms with E-state index in [0.717, 1.165) is 11.3 Å². The van der Waals surface area contributed by atoms with E-state index in [2.05, 4.69) is 25.7 Å². The Morgan fingerprint density at radius 2 is 1.94 bits per heavy atom. The molecule has 0 fully saturated rings. The van der Waals surface area contributed by atoms with Crippen LogP contribution in [0.3, 0.4) is 0 Å². The van der Waals surface area contributed by atoms with Crippen LogP contribution in [0.2, 0.25) is 0 Å². The van der Waals surface area contributed by atoms with Gasteiger partial charge < -0.3 is 9.84 Å². The maximum atomic E-state index is 12.3. The highest BCUT2D eigenvalue weighted by atomic mass is 32.2. The average molecular weight is 461 g/mol. The lowest BCUT2D eigenvalue weighted by atomic mass is 10.2. The summed E-state index contributed by atoms with van der Waals surface area (Å²) in [6, 6.07) is 18.1. The number of phenolic OH excluding ortho intramolecular Hbond substituents is 1. The fourth-order valence-corrected chi connectivity index (χ4v) is 3.70.